The Labute approximate surface area is 100 Å². The molecule has 2 amide bonds. The SMILES string of the molecule is CC(C)(CO)NC(=O)C(=O)N(CCO)CCO. The van der Waals surface area contributed by atoms with Gasteiger partial charge in [-0.2, -0.15) is 0 Å². The first-order valence-electron chi connectivity index (χ1n) is 5.32. The minimum absolute atomic E-state index is 0.0215. The van der Waals surface area contributed by atoms with Crippen molar-refractivity contribution in [1.82, 2.24) is 10.2 Å². The Balaban J connectivity index is 4.50. The second-order valence-electron chi connectivity index (χ2n) is 4.24. The first-order valence-corrected chi connectivity index (χ1v) is 5.32. The number of carbonyl (C=O) groups excluding carboxylic acids is 2. The monoisotopic (exact) mass is 248 g/mol. The van der Waals surface area contributed by atoms with Gasteiger partial charge in [-0.05, 0) is 13.8 Å². The fraction of sp³-hybridized carbons (Fsp3) is 0.800. The van der Waals surface area contributed by atoms with Gasteiger partial charge in [-0.3, -0.25) is 9.59 Å². The lowest BCUT2D eigenvalue weighted by atomic mass is 10.1. The van der Waals surface area contributed by atoms with Gasteiger partial charge in [0.15, 0.2) is 0 Å². The van der Waals surface area contributed by atoms with E-state index in [0.717, 1.165) is 4.90 Å². The third kappa shape index (κ3) is 5.62. The van der Waals surface area contributed by atoms with E-state index in [2.05, 4.69) is 5.32 Å². The van der Waals surface area contributed by atoms with E-state index in [-0.39, 0.29) is 32.9 Å². The summed E-state index contributed by atoms with van der Waals surface area (Å²) in [5, 5.41) is 28.8. The normalized spacial score (nSPS) is 11.1. The first-order chi connectivity index (χ1) is 7.87. The Bertz CT molecular complexity index is 261. The number of nitrogens with zero attached hydrogens (tertiary/aromatic N) is 1. The van der Waals surface area contributed by atoms with Crippen molar-refractivity contribution in [3.63, 3.8) is 0 Å². The van der Waals surface area contributed by atoms with Crippen LogP contribution in [0.5, 0.6) is 0 Å². The molecule has 0 aliphatic rings. The van der Waals surface area contributed by atoms with Gasteiger partial charge in [-0.25, -0.2) is 0 Å². The van der Waals surface area contributed by atoms with Gasteiger partial charge in [0.05, 0.1) is 25.4 Å². The van der Waals surface area contributed by atoms with Crippen molar-refractivity contribution in [2.75, 3.05) is 32.9 Å². The Morgan fingerprint density at radius 1 is 1.12 bits per heavy atom. The zero-order valence-electron chi connectivity index (χ0n) is 10.1. The Hall–Kier alpha value is -1.18. The highest BCUT2D eigenvalue weighted by molar-refractivity contribution is 6.35. The smallest absolute Gasteiger partial charge is 0.312 e. The predicted molar refractivity (Wildman–Crippen MR) is 60.1 cm³/mol. The topological polar surface area (TPSA) is 110 Å². The maximum Gasteiger partial charge on any atom is 0.312 e. The number of hydrogen-bond donors (Lipinski definition) is 4. The summed E-state index contributed by atoms with van der Waals surface area (Å²) in [6, 6.07) is 0. The van der Waals surface area contributed by atoms with Crippen LogP contribution in [-0.2, 0) is 9.59 Å². The van der Waals surface area contributed by atoms with Crippen molar-refractivity contribution in [2.45, 2.75) is 19.4 Å². The van der Waals surface area contributed by atoms with Gasteiger partial charge in [0.25, 0.3) is 0 Å². The lowest BCUT2D eigenvalue weighted by Gasteiger charge is -2.26. The average molecular weight is 248 g/mol. The molecule has 0 rings (SSSR count). The standard InChI is InChI=1S/C10H20N2O5/c1-10(2,7-15)11-8(16)9(17)12(3-5-13)4-6-14/h13-15H,3-7H2,1-2H3,(H,11,16). The van der Waals surface area contributed by atoms with Gasteiger partial charge in [0.2, 0.25) is 0 Å². The molecule has 0 aliphatic carbocycles. The molecule has 0 aromatic heterocycles. The van der Waals surface area contributed by atoms with E-state index in [0.29, 0.717) is 0 Å². The summed E-state index contributed by atoms with van der Waals surface area (Å²) in [5.41, 5.74) is -0.892. The van der Waals surface area contributed by atoms with E-state index in [4.69, 9.17) is 15.3 Å². The second kappa shape index (κ2) is 7.21. The van der Waals surface area contributed by atoms with Crippen LogP contribution in [0, 0.1) is 0 Å². The molecule has 0 saturated heterocycles. The van der Waals surface area contributed by atoms with E-state index in [1.807, 2.05) is 0 Å². The highest BCUT2D eigenvalue weighted by atomic mass is 16.3. The molecule has 100 valence electrons. The third-order valence-corrected chi connectivity index (χ3v) is 2.07. The molecule has 0 unspecified atom stereocenters. The van der Waals surface area contributed by atoms with Gasteiger partial charge in [0, 0.05) is 13.1 Å². The Morgan fingerprint density at radius 3 is 1.94 bits per heavy atom. The lowest BCUT2D eigenvalue weighted by molar-refractivity contribution is -0.147. The summed E-state index contributed by atoms with van der Waals surface area (Å²) in [6.45, 7) is 2.22. The van der Waals surface area contributed by atoms with Gasteiger partial charge in [-0.15, -0.1) is 0 Å². The second-order valence-corrected chi connectivity index (χ2v) is 4.24. The molecule has 0 radical (unpaired) electrons. The molecule has 0 aliphatic heterocycles. The molecule has 0 aromatic carbocycles. The summed E-state index contributed by atoms with van der Waals surface area (Å²) < 4.78 is 0. The molecule has 17 heavy (non-hydrogen) atoms. The van der Waals surface area contributed by atoms with E-state index in [1.54, 1.807) is 13.8 Å². The number of amides is 2. The Morgan fingerprint density at radius 2 is 1.59 bits per heavy atom. The third-order valence-electron chi connectivity index (χ3n) is 2.07. The minimum atomic E-state index is -0.892. The van der Waals surface area contributed by atoms with Crippen molar-refractivity contribution in [2.24, 2.45) is 0 Å². The number of aliphatic hydroxyl groups excluding tert-OH is 3. The van der Waals surface area contributed by atoms with Crippen LogP contribution in [0.15, 0.2) is 0 Å². The fourth-order valence-corrected chi connectivity index (χ4v) is 1.10. The van der Waals surface area contributed by atoms with Crippen LogP contribution in [0.1, 0.15) is 13.8 Å². The van der Waals surface area contributed by atoms with Gasteiger partial charge < -0.3 is 25.5 Å². The molecule has 7 heteroatoms. The average Bonchev–Trinajstić information content (AvgIpc) is 2.27. The van der Waals surface area contributed by atoms with E-state index >= 15 is 0 Å². The van der Waals surface area contributed by atoms with Crippen molar-refractivity contribution in [3.05, 3.63) is 0 Å². The molecule has 0 atom stereocenters. The summed E-state index contributed by atoms with van der Waals surface area (Å²) in [6.07, 6.45) is 0. The molecule has 0 heterocycles. The van der Waals surface area contributed by atoms with Crippen LogP contribution < -0.4 is 5.32 Å². The zero-order chi connectivity index (χ0) is 13.5. The largest absolute Gasteiger partial charge is 0.395 e. The molecule has 0 fully saturated rings. The van der Waals surface area contributed by atoms with Crippen molar-refractivity contribution < 1.29 is 24.9 Å². The van der Waals surface area contributed by atoms with Crippen molar-refractivity contribution in [1.29, 1.82) is 0 Å². The van der Waals surface area contributed by atoms with Crippen LogP contribution in [0.3, 0.4) is 0 Å². The van der Waals surface area contributed by atoms with Crippen molar-refractivity contribution >= 4 is 11.8 Å². The minimum Gasteiger partial charge on any atom is -0.395 e. The molecule has 0 aromatic rings. The molecule has 7 nitrogen and oxygen atoms in total. The molecule has 4 N–H and O–H groups in total. The van der Waals surface area contributed by atoms with E-state index < -0.39 is 17.4 Å². The fourth-order valence-electron chi connectivity index (χ4n) is 1.10. The summed E-state index contributed by atoms with van der Waals surface area (Å²) in [4.78, 5) is 24.2. The quantitative estimate of drug-likeness (QED) is 0.395. The summed E-state index contributed by atoms with van der Waals surface area (Å²) >= 11 is 0. The molecule has 0 bridgehead atoms. The van der Waals surface area contributed by atoms with Gasteiger partial charge in [0.1, 0.15) is 0 Å². The first kappa shape index (κ1) is 15.8. The molecular formula is C10H20N2O5. The van der Waals surface area contributed by atoms with Crippen LogP contribution >= 0.6 is 0 Å². The van der Waals surface area contributed by atoms with Crippen LogP contribution in [0.2, 0.25) is 0 Å². The highest BCUT2D eigenvalue weighted by Crippen LogP contribution is 2.00. The van der Waals surface area contributed by atoms with Gasteiger partial charge in [-0.1, -0.05) is 0 Å². The van der Waals surface area contributed by atoms with E-state index in [9.17, 15) is 9.59 Å². The molecule has 0 saturated carbocycles. The molecular weight excluding hydrogens is 228 g/mol. The number of aliphatic hydroxyl groups is 3. The number of rotatable bonds is 6. The Kier molecular flexibility index (Phi) is 6.71. The number of carbonyl (C=O) groups is 2. The molecule has 0 spiro atoms. The predicted octanol–water partition coefficient (Wildman–Crippen LogP) is -2.31. The van der Waals surface area contributed by atoms with Crippen LogP contribution in [-0.4, -0.2) is 70.5 Å². The number of nitrogens with one attached hydrogen (secondary N) is 1. The maximum absolute atomic E-state index is 11.6. The zero-order valence-corrected chi connectivity index (χ0v) is 10.1. The summed E-state index contributed by atoms with van der Waals surface area (Å²) in [7, 11) is 0. The maximum atomic E-state index is 11.6. The van der Waals surface area contributed by atoms with Crippen molar-refractivity contribution in [3.8, 4) is 0 Å². The highest BCUT2D eigenvalue weighted by Gasteiger charge is 2.26. The van der Waals surface area contributed by atoms with Crippen LogP contribution in [0.25, 0.3) is 0 Å². The summed E-state index contributed by atoms with van der Waals surface area (Å²) in [5.74, 6) is -1.71. The van der Waals surface area contributed by atoms with E-state index in [1.165, 1.54) is 0 Å². The van der Waals surface area contributed by atoms with Gasteiger partial charge >= 0.3 is 11.8 Å². The van der Waals surface area contributed by atoms with Crippen LogP contribution in [0.4, 0.5) is 0 Å². The lowest BCUT2D eigenvalue weighted by Crippen LogP contribution is -2.53. The number of hydrogen-bond acceptors (Lipinski definition) is 5.